The van der Waals surface area contributed by atoms with Gasteiger partial charge in [0.2, 0.25) is 6.79 Å². The van der Waals surface area contributed by atoms with E-state index >= 15 is 0 Å². The molecule has 1 amide bonds. The highest BCUT2D eigenvalue weighted by Gasteiger charge is 2.17. The Hall–Kier alpha value is -2.57. The average Bonchev–Trinajstić information content (AvgIpc) is 3.02. The third-order valence-electron chi connectivity index (χ3n) is 3.23. The molecule has 0 fully saturated rings. The molecule has 23 heavy (non-hydrogen) atoms. The Morgan fingerprint density at radius 3 is 2.70 bits per heavy atom. The van der Waals surface area contributed by atoms with E-state index in [0.29, 0.717) is 27.6 Å². The van der Waals surface area contributed by atoms with Gasteiger partial charge in [-0.25, -0.2) is 5.43 Å². The molecule has 3 rings (SSSR count). The monoisotopic (exact) mass is 332 g/mol. The van der Waals surface area contributed by atoms with Crippen LogP contribution in [0.2, 0.25) is 5.02 Å². The van der Waals surface area contributed by atoms with Crippen molar-refractivity contribution in [1.29, 1.82) is 0 Å². The number of ether oxygens (including phenoxy) is 2. The van der Waals surface area contributed by atoms with Crippen LogP contribution in [0, 0.1) is 0 Å². The van der Waals surface area contributed by atoms with Crippen molar-refractivity contribution >= 4 is 23.7 Å². The number of carbonyl (C=O) groups excluding carboxylic acids is 1. The number of hydrazone groups is 1. The van der Waals surface area contributed by atoms with Crippen LogP contribution < -0.4 is 14.9 Å². The van der Waals surface area contributed by atoms with Crippen LogP contribution in [-0.4, -0.2) is 24.0 Å². The molecule has 1 heterocycles. The third kappa shape index (κ3) is 3.44. The van der Waals surface area contributed by atoms with Gasteiger partial charge in [-0.1, -0.05) is 41.9 Å². The summed E-state index contributed by atoms with van der Waals surface area (Å²) in [4.78, 5) is 11.9. The van der Waals surface area contributed by atoms with E-state index in [0.717, 1.165) is 0 Å². The molecule has 2 N–H and O–H groups in total. The number of nitrogens with zero attached hydrogens (tertiary/aromatic N) is 1. The summed E-state index contributed by atoms with van der Waals surface area (Å²) in [6.45, 7) is 0.145. The molecule has 0 bridgehead atoms. The Labute approximate surface area is 137 Å². The highest BCUT2D eigenvalue weighted by atomic mass is 35.5. The SMILES string of the molecule is O=C(NN=Cc1cc2c(cc1Cl)OCO2)C(O)c1ccccc1. The number of amides is 1. The van der Waals surface area contributed by atoms with Gasteiger partial charge >= 0.3 is 0 Å². The van der Waals surface area contributed by atoms with Crippen LogP contribution in [0.4, 0.5) is 0 Å². The van der Waals surface area contributed by atoms with E-state index < -0.39 is 12.0 Å². The van der Waals surface area contributed by atoms with Crippen LogP contribution in [0.25, 0.3) is 0 Å². The first-order chi connectivity index (χ1) is 11.1. The maximum absolute atomic E-state index is 11.9. The number of hydrogen-bond donors (Lipinski definition) is 2. The molecule has 1 atom stereocenters. The summed E-state index contributed by atoms with van der Waals surface area (Å²) in [5, 5.41) is 14.1. The van der Waals surface area contributed by atoms with Crippen LogP contribution in [0.15, 0.2) is 47.6 Å². The molecule has 2 aromatic carbocycles. The van der Waals surface area contributed by atoms with Crippen LogP contribution in [0.5, 0.6) is 11.5 Å². The molecule has 0 radical (unpaired) electrons. The van der Waals surface area contributed by atoms with Crippen molar-refractivity contribution < 1.29 is 19.4 Å². The molecule has 6 nitrogen and oxygen atoms in total. The Morgan fingerprint density at radius 2 is 1.96 bits per heavy atom. The molecule has 0 spiro atoms. The van der Waals surface area contributed by atoms with E-state index in [1.807, 2.05) is 0 Å². The number of aliphatic hydroxyl groups excluding tert-OH is 1. The van der Waals surface area contributed by atoms with Gasteiger partial charge in [-0.15, -0.1) is 0 Å². The maximum atomic E-state index is 11.9. The largest absolute Gasteiger partial charge is 0.454 e. The fourth-order valence-electron chi connectivity index (χ4n) is 2.05. The number of benzene rings is 2. The Kier molecular flexibility index (Phi) is 4.45. The van der Waals surface area contributed by atoms with E-state index in [9.17, 15) is 9.90 Å². The first-order valence-corrected chi connectivity index (χ1v) is 7.18. The lowest BCUT2D eigenvalue weighted by Crippen LogP contribution is -2.25. The van der Waals surface area contributed by atoms with Gasteiger partial charge in [0, 0.05) is 11.6 Å². The minimum Gasteiger partial charge on any atom is -0.454 e. The zero-order valence-electron chi connectivity index (χ0n) is 11.9. The summed E-state index contributed by atoms with van der Waals surface area (Å²) in [7, 11) is 0. The quantitative estimate of drug-likeness (QED) is 0.665. The lowest BCUT2D eigenvalue weighted by Gasteiger charge is -2.08. The van der Waals surface area contributed by atoms with E-state index in [4.69, 9.17) is 21.1 Å². The van der Waals surface area contributed by atoms with Gasteiger partial charge in [0.15, 0.2) is 17.6 Å². The summed E-state index contributed by atoms with van der Waals surface area (Å²) in [5.41, 5.74) is 3.32. The maximum Gasteiger partial charge on any atom is 0.273 e. The molecule has 1 unspecified atom stereocenters. The number of rotatable bonds is 4. The number of aliphatic hydroxyl groups is 1. The fourth-order valence-corrected chi connectivity index (χ4v) is 2.25. The minimum atomic E-state index is -1.29. The Balaban J connectivity index is 1.66. The zero-order valence-corrected chi connectivity index (χ0v) is 12.7. The number of halogens is 1. The third-order valence-corrected chi connectivity index (χ3v) is 3.56. The second-order valence-corrected chi connectivity index (χ2v) is 5.18. The molecule has 0 aromatic heterocycles. The summed E-state index contributed by atoms with van der Waals surface area (Å²) in [5.74, 6) is 0.492. The van der Waals surface area contributed by atoms with Gasteiger partial charge in [0.1, 0.15) is 0 Å². The zero-order chi connectivity index (χ0) is 16.2. The van der Waals surface area contributed by atoms with Gasteiger partial charge < -0.3 is 14.6 Å². The molecule has 1 aliphatic heterocycles. The first-order valence-electron chi connectivity index (χ1n) is 6.80. The van der Waals surface area contributed by atoms with Crippen molar-refractivity contribution in [2.45, 2.75) is 6.10 Å². The number of carbonyl (C=O) groups is 1. The Bertz CT molecular complexity index is 749. The minimum absolute atomic E-state index is 0.145. The summed E-state index contributed by atoms with van der Waals surface area (Å²) >= 11 is 6.09. The van der Waals surface area contributed by atoms with E-state index in [-0.39, 0.29) is 6.79 Å². The summed E-state index contributed by atoms with van der Waals surface area (Å²) < 4.78 is 10.5. The molecule has 0 saturated carbocycles. The van der Waals surface area contributed by atoms with Gasteiger partial charge in [-0.05, 0) is 11.6 Å². The van der Waals surface area contributed by atoms with E-state index in [1.54, 1.807) is 42.5 Å². The van der Waals surface area contributed by atoms with Gasteiger partial charge in [0.05, 0.1) is 11.2 Å². The van der Waals surface area contributed by atoms with Crippen molar-refractivity contribution in [2.24, 2.45) is 5.10 Å². The fraction of sp³-hybridized carbons (Fsp3) is 0.125. The topological polar surface area (TPSA) is 80.2 Å². The molecule has 118 valence electrons. The predicted molar refractivity (Wildman–Crippen MR) is 84.7 cm³/mol. The number of nitrogens with one attached hydrogen (secondary N) is 1. The Morgan fingerprint density at radius 1 is 1.26 bits per heavy atom. The van der Waals surface area contributed by atoms with Gasteiger partial charge in [-0.3, -0.25) is 4.79 Å². The molecule has 0 saturated heterocycles. The second-order valence-electron chi connectivity index (χ2n) is 4.77. The van der Waals surface area contributed by atoms with Gasteiger partial charge in [-0.2, -0.15) is 5.10 Å². The van der Waals surface area contributed by atoms with Crippen molar-refractivity contribution in [3.05, 3.63) is 58.6 Å². The predicted octanol–water partition coefficient (Wildman–Crippen LogP) is 2.25. The highest BCUT2D eigenvalue weighted by molar-refractivity contribution is 6.33. The standard InChI is InChI=1S/C16H13ClN2O4/c17-12-7-14-13(22-9-23-14)6-11(12)8-18-19-16(21)15(20)10-4-2-1-3-5-10/h1-8,15,20H,9H2,(H,19,21). The summed E-state index contributed by atoms with van der Waals surface area (Å²) in [6.07, 6.45) is 0.0838. The average molecular weight is 333 g/mol. The van der Waals surface area contributed by atoms with Crippen molar-refractivity contribution in [3.8, 4) is 11.5 Å². The van der Waals surface area contributed by atoms with Crippen molar-refractivity contribution in [1.82, 2.24) is 5.43 Å². The van der Waals surface area contributed by atoms with Crippen LogP contribution >= 0.6 is 11.6 Å². The molecule has 7 heteroatoms. The first kappa shape index (κ1) is 15.3. The lowest BCUT2D eigenvalue weighted by molar-refractivity contribution is -0.129. The van der Waals surface area contributed by atoms with Gasteiger partial charge in [0.25, 0.3) is 5.91 Å². The van der Waals surface area contributed by atoms with Crippen LogP contribution in [-0.2, 0) is 4.79 Å². The molecule has 2 aromatic rings. The molecule has 0 aliphatic carbocycles. The van der Waals surface area contributed by atoms with Crippen molar-refractivity contribution in [3.63, 3.8) is 0 Å². The molecular weight excluding hydrogens is 320 g/mol. The normalized spacial score (nSPS) is 14.0. The smallest absolute Gasteiger partial charge is 0.273 e. The van der Waals surface area contributed by atoms with Crippen LogP contribution in [0.3, 0.4) is 0 Å². The van der Waals surface area contributed by atoms with E-state index in [2.05, 4.69) is 10.5 Å². The van der Waals surface area contributed by atoms with Crippen LogP contribution in [0.1, 0.15) is 17.2 Å². The lowest BCUT2D eigenvalue weighted by atomic mass is 10.1. The summed E-state index contributed by atoms with van der Waals surface area (Å²) in [6, 6.07) is 11.9. The number of hydrogen-bond acceptors (Lipinski definition) is 5. The van der Waals surface area contributed by atoms with Crippen molar-refractivity contribution in [2.75, 3.05) is 6.79 Å². The molecule has 1 aliphatic rings. The molecular formula is C16H13ClN2O4. The van der Waals surface area contributed by atoms with E-state index in [1.165, 1.54) is 6.21 Å². The number of fused-ring (bicyclic) bond motifs is 1. The second kappa shape index (κ2) is 6.68. The highest BCUT2D eigenvalue weighted by Crippen LogP contribution is 2.36.